The summed E-state index contributed by atoms with van der Waals surface area (Å²) in [4.78, 5) is 29.9. The minimum Gasteiger partial charge on any atom is -0.316 e. The molecule has 0 unspecified atom stereocenters. The zero-order valence-electron chi connectivity index (χ0n) is 10.7. The Labute approximate surface area is 121 Å². The van der Waals surface area contributed by atoms with E-state index in [1.54, 1.807) is 48.5 Å². The zero-order chi connectivity index (χ0) is 14.5. The first kappa shape index (κ1) is 14.0. The molecule has 1 aromatic heterocycles. The monoisotopic (exact) mass is 288 g/mol. The van der Waals surface area contributed by atoms with Crippen LogP contribution < -0.4 is 4.84 Å². The Hall–Kier alpha value is -2.47. The van der Waals surface area contributed by atoms with Crippen LogP contribution in [-0.2, 0) is 0 Å². The highest BCUT2D eigenvalue weighted by molar-refractivity contribution is 7.71. The van der Waals surface area contributed by atoms with Gasteiger partial charge in [0, 0.05) is 18.8 Å². The SMILES string of the molecule is CN(C(=O)On1ccccc1=S)C(=O)c1ccccc1. The molecule has 0 saturated carbocycles. The summed E-state index contributed by atoms with van der Waals surface area (Å²) >= 11 is 5.00. The van der Waals surface area contributed by atoms with Gasteiger partial charge in [0.25, 0.3) is 5.91 Å². The van der Waals surface area contributed by atoms with Crippen LogP contribution in [0.2, 0.25) is 0 Å². The average molecular weight is 288 g/mol. The molecule has 0 bridgehead atoms. The summed E-state index contributed by atoms with van der Waals surface area (Å²) in [5.41, 5.74) is 0.406. The fourth-order valence-corrected chi connectivity index (χ4v) is 1.67. The van der Waals surface area contributed by atoms with E-state index in [-0.39, 0.29) is 0 Å². The van der Waals surface area contributed by atoms with Gasteiger partial charge in [-0.2, -0.15) is 4.73 Å². The van der Waals surface area contributed by atoms with Crippen LogP contribution in [0.3, 0.4) is 0 Å². The van der Waals surface area contributed by atoms with Gasteiger partial charge in [-0.15, -0.1) is 0 Å². The Morgan fingerprint density at radius 3 is 2.40 bits per heavy atom. The van der Waals surface area contributed by atoms with E-state index in [0.29, 0.717) is 10.2 Å². The Morgan fingerprint density at radius 2 is 1.75 bits per heavy atom. The maximum Gasteiger partial charge on any atom is 0.441 e. The Bertz CT molecular complexity index is 682. The molecular formula is C14H12N2O3S. The Kier molecular flexibility index (Phi) is 4.27. The summed E-state index contributed by atoms with van der Waals surface area (Å²) in [6, 6.07) is 13.5. The molecule has 2 amide bonds. The van der Waals surface area contributed by atoms with Crippen LogP contribution in [0.1, 0.15) is 10.4 Å². The fraction of sp³-hybridized carbons (Fsp3) is 0.0714. The molecule has 0 radical (unpaired) electrons. The number of imide groups is 1. The number of carbonyl (C=O) groups excluding carboxylic acids is 2. The van der Waals surface area contributed by atoms with Crippen molar-refractivity contribution in [3.8, 4) is 0 Å². The number of hydrogen-bond donors (Lipinski definition) is 0. The van der Waals surface area contributed by atoms with Crippen molar-refractivity contribution < 1.29 is 14.4 Å². The first-order chi connectivity index (χ1) is 9.59. The van der Waals surface area contributed by atoms with Crippen LogP contribution >= 0.6 is 12.2 Å². The van der Waals surface area contributed by atoms with Gasteiger partial charge in [0.2, 0.25) is 0 Å². The van der Waals surface area contributed by atoms with Gasteiger partial charge in [-0.1, -0.05) is 36.5 Å². The standard InChI is InChI=1S/C14H12N2O3S/c1-15(13(17)11-7-3-2-4-8-11)14(18)19-16-10-6-5-9-12(16)20/h2-10H,1H3. The number of nitrogens with zero attached hydrogens (tertiary/aromatic N) is 2. The maximum atomic E-state index is 12.1. The van der Waals surface area contributed by atoms with Crippen molar-refractivity contribution in [1.29, 1.82) is 0 Å². The van der Waals surface area contributed by atoms with Crippen molar-refractivity contribution >= 4 is 24.2 Å². The van der Waals surface area contributed by atoms with E-state index in [0.717, 1.165) is 9.63 Å². The number of amides is 2. The van der Waals surface area contributed by atoms with Crippen LogP contribution in [0.4, 0.5) is 4.79 Å². The predicted octanol–water partition coefficient (Wildman–Crippen LogP) is 2.54. The molecule has 6 heteroatoms. The van der Waals surface area contributed by atoms with E-state index in [9.17, 15) is 9.59 Å². The summed E-state index contributed by atoms with van der Waals surface area (Å²) in [5.74, 6) is -0.446. The third kappa shape index (κ3) is 3.10. The topological polar surface area (TPSA) is 51.5 Å². The number of carbonyl (C=O) groups is 2. The first-order valence-electron chi connectivity index (χ1n) is 5.82. The lowest BCUT2D eigenvalue weighted by Gasteiger charge is -2.15. The molecule has 1 aromatic carbocycles. The van der Waals surface area contributed by atoms with Crippen LogP contribution in [-0.4, -0.2) is 28.7 Å². The van der Waals surface area contributed by atoms with Gasteiger partial charge in [0.1, 0.15) is 4.64 Å². The van der Waals surface area contributed by atoms with Gasteiger partial charge in [0.05, 0.1) is 0 Å². The van der Waals surface area contributed by atoms with Crippen LogP contribution in [0.15, 0.2) is 54.7 Å². The molecule has 0 atom stereocenters. The van der Waals surface area contributed by atoms with Crippen molar-refractivity contribution in [1.82, 2.24) is 9.63 Å². The molecule has 0 aliphatic heterocycles. The summed E-state index contributed by atoms with van der Waals surface area (Å²) in [6.45, 7) is 0. The molecule has 20 heavy (non-hydrogen) atoms. The van der Waals surface area contributed by atoms with Gasteiger partial charge >= 0.3 is 6.09 Å². The number of pyridine rings is 1. The predicted molar refractivity (Wildman–Crippen MR) is 75.8 cm³/mol. The van der Waals surface area contributed by atoms with Gasteiger partial charge < -0.3 is 4.84 Å². The number of hydrogen-bond acceptors (Lipinski definition) is 4. The zero-order valence-corrected chi connectivity index (χ0v) is 11.5. The highest BCUT2D eigenvalue weighted by Gasteiger charge is 2.20. The molecule has 2 rings (SSSR count). The smallest absolute Gasteiger partial charge is 0.316 e. The van der Waals surface area contributed by atoms with Crippen LogP contribution in [0.25, 0.3) is 0 Å². The lowest BCUT2D eigenvalue weighted by Crippen LogP contribution is -2.38. The average Bonchev–Trinajstić information content (AvgIpc) is 2.49. The lowest BCUT2D eigenvalue weighted by atomic mass is 10.2. The summed E-state index contributed by atoms with van der Waals surface area (Å²) in [6.07, 6.45) is 0.697. The van der Waals surface area contributed by atoms with Crippen molar-refractivity contribution in [3.63, 3.8) is 0 Å². The highest BCUT2D eigenvalue weighted by atomic mass is 32.1. The molecule has 5 nitrogen and oxygen atoms in total. The molecular weight excluding hydrogens is 276 g/mol. The van der Waals surface area contributed by atoms with E-state index >= 15 is 0 Å². The molecule has 0 spiro atoms. The Balaban J connectivity index is 2.12. The third-order valence-electron chi connectivity index (χ3n) is 2.56. The minimum atomic E-state index is -0.804. The molecule has 0 aliphatic carbocycles. The largest absolute Gasteiger partial charge is 0.441 e. The lowest BCUT2D eigenvalue weighted by molar-refractivity contribution is 0.0677. The molecule has 1 heterocycles. The first-order valence-corrected chi connectivity index (χ1v) is 6.23. The van der Waals surface area contributed by atoms with E-state index < -0.39 is 12.0 Å². The van der Waals surface area contributed by atoms with E-state index in [4.69, 9.17) is 17.1 Å². The van der Waals surface area contributed by atoms with Crippen molar-refractivity contribution in [2.45, 2.75) is 0 Å². The van der Waals surface area contributed by atoms with Gasteiger partial charge in [0.15, 0.2) is 0 Å². The number of aromatic nitrogens is 1. The molecule has 102 valence electrons. The summed E-state index contributed by atoms with van der Waals surface area (Å²) < 4.78 is 1.47. The van der Waals surface area contributed by atoms with Gasteiger partial charge in [-0.25, -0.2) is 9.69 Å². The van der Waals surface area contributed by atoms with Crippen molar-refractivity contribution in [2.24, 2.45) is 0 Å². The van der Waals surface area contributed by atoms with Gasteiger partial charge in [-0.3, -0.25) is 4.79 Å². The van der Waals surface area contributed by atoms with E-state index in [1.165, 1.54) is 13.2 Å². The molecule has 0 N–H and O–H groups in total. The second kappa shape index (κ2) is 6.12. The number of benzene rings is 1. The summed E-state index contributed by atoms with van der Waals surface area (Å²) in [7, 11) is 1.35. The summed E-state index contributed by atoms with van der Waals surface area (Å²) in [5, 5.41) is 0. The minimum absolute atomic E-state index is 0.335. The second-order valence-electron chi connectivity index (χ2n) is 3.95. The van der Waals surface area contributed by atoms with E-state index in [1.807, 2.05) is 0 Å². The number of rotatable bonds is 2. The highest BCUT2D eigenvalue weighted by Crippen LogP contribution is 2.04. The quantitative estimate of drug-likeness (QED) is 0.797. The Morgan fingerprint density at radius 1 is 1.10 bits per heavy atom. The molecule has 2 aromatic rings. The van der Waals surface area contributed by atoms with Crippen molar-refractivity contribution in [3.05, 3.63) is 64.9 Å². The molecule has 0 aliphatic rings. The van der Waals surface area contributed by atoms with E-state index in [2.05, 4.69) is 0 Å². The molecule has 0 fully saturated rings. The van der Waals surface area contributed by atoms with Crippen LogP contribution in [0.5, 0.6) is 0 Å². The molecule has 0 saturated heterocycles. The second-order valence-corrected chi connectivity index (χ2v) is 4.37. The fourth-order valence-electron chi connectivity index (χ4n) is 1.49. The third-order valence-corrected chi connectivity index (χ3v) is 2.88. The van der Waals surface area contributed by atoms with Crippen LogP contribution in [0, 0.1) is 4.64 Å². The van der Waals surface area contributed by atoms with Crippen molar-refractivity contribution in [2.75, 3.05) is 7.05 Å². The normalized spacial score (nSPS) is 9.85. The maximum absolute atomic E-state index is 12.1. The van der Waals surface area contributed by atoms with Gasteiger partial charge in [-0.05, 0) is 24.3 Å².